The summed E-state index contributed by atoms with van der Waals surface area (Å²) in [4.78, 5) is 8.44. The molecule has 0 saturated heterocycles. The number of hydrogen-bond donors (Lipinski definition) is 1. The Kier molecular flexibility index (Phi) is 35.4. The van der Waals surface area contributed by atoms with Gasteiger partial charge < -0.3 is 15.0 Å². The Morgan fingerprint density at radius 3 is 1.71 bits per heavy atom. The molecule has 0 saturated carbocycles. The van der Waals surface area contributed by atoms with E-state index in [0.717, 1.165) is 26.6 Å². The first-order valence-electron chi connectivity index (χ1n) is 1.01. The van der Waals surface area contributed by atoms with Crippen molar-refractivity contribution in [3.63, 3.8) is 0 Å². The van der Waals surface area contributed by atoms with Crippen molar-refractivity contribution in [2.45, 2.75) is 0 Å². The predicted octanol–water partition coefficient (Wildman–Crippen LogP) is -3.80. The molecule has 0 atom stereocenters. The SMILES string of the molecule is O=C([O-])O.[Na+].[Na][Cl]. The fourth-order valence-electron chi connectivity index (χ4n) is 0. The van der Waals surface area contributed by atoms with Crippen LogP contribution in [0.4, 0.5) is 4.79 Å². The van der Waals surface area contributed by atoms with Crippen LogP contribution in [0.3, 0.4) is 0 Å². The molecule has 0 amide bonds. The molecule has 0 unspecified atom stereocenters. The van der Waals surface area contributed by atoms with Crippen molar-refractivity contribution < 1.29 is 44.6 Å². The van der Waals surface area contributed by atoms with Crippen LogP contribution in [0.25, 0.3) is 0 Å². The van der Waals surface area contributed by atoms with E-state index in [0.29, 0.717) is 0 Å². The second-order valence-electron chi connectivity index (χ2n) is 0.266. The predicted molar refractivity (Wildman–Crippen MR) is 19.6 cm³/mol. The van der Waals surface area contributed by atoms with Crippen molar-refractivity contribution in [1.29, 1.82) is 0 Å². The third-order valence-corrected chi connectivity index (χ3v) is 0. The Labute approximate surface area is 84.1 Å². The van der Waals surface area contributed by atoms with Gasteiger partial charge in [0.25, 0.3) is 0 Å². The first kappa shape index (κ1) is 15.8. The van der Waals surface area contributed by atoms with E-state index in [2.05, 4.69) is 0 Å². The molecule has 0 radical (unpaired) electrons. The molecule has 0 rings (SSSR count). The average molecular weight is 142 g/mol. The molecule has 0 aromatic rings. The summed E-state index contributed by atoms with van der Waals surface area (Å²) in [6.45, 7) is 0. The zero-order valence-electron chi connectivity index (χ0n) is 4.14. The number of halogens is 1. The molecule has 6 heteroatoms. The fourth-order valence-corrected chi connectivity index (χ4v) is 0. The molecule has 0 aromatic heterocycles. The zero-order valence-corrected chi connectivity index (χ0v) is 8.90. The van der Waals surface area contributed by atoms with E-state index in [-0.39, 0.29) is 29.6 Å². The molecule has 3 nitrogen and oxygen atoms in total. The van der Waals surface area contributed by atoms with E-state index in [1.807, 2.05) is 0 Å². The molecule has 0 fully saturated rings. The van der Waals surface area contributed by atoms with E-state index in [1.54, 1.807) is 0 Å². The zero-order chi connectivity index (χ0) is 5.58. The van der Waals surface area contributed by atoms with Crippen LogP contribution in [0.5, 0.6) is 0 Å². The summed E-state index contributed by atoms with van der Waals surface area (Å²) in [6, 6.07) is 0. The van der Waals surface area contributed by atoms with Crippen LogP contribution < -0.4 is 34.7 Å². The van der Waals surface area contributed by atoms with Gasteiger partial charge in [0.2, 0.25) is 6.16 Å². The summed E-state index contributed by atoms with van der Waals surface area (Å²) < 4.78 is 0. The van der Waals surface area contributed by atoms with E-state index < -0.39 is 6.16 Å². The van der Waals surface area contributed by atoms with Crippen LogP contribution in [0.2, 0.25) is 0 Å². The van der Waals surface area contributed by atoms with Gasteiger partial charge in [0.15, 0.2) is 0 Å². The summed E-state index contributed by atoms with van der Waals surface area (Å²) in [5.74, 6) is 0. The van der Waals surface area contributed by atoms with Gasteiger partial charge in [-0.25, -0.2) is 0 Å². The van der Waals surface area contributed by atoms with Gasteiger partial charge in [0.1, 0.15) is 0 Å². The van der Waals surface area contributed by atoms with E-state index in [4.69, 9.17) is 22.9 Å². The van der Waals surface area contributed by atoms with Crippen molar-refractivity contribution in [2.75, 3.05) is 0 Å². The van der Waals surface area contributed by atoms with Crippen molar-refractivity contribution in [1.82, 2.24) is 0 Å². The van der Waals surface area contributed by atoms with Crippen LogP contribution in [0.15, 0.2) is 0 Å². The molecule has 1 N–H and O–H groups in total. The van der Waals surface area contributed by atoms with Crippen molar-refractivity contribution in [2.24, 2.45) is 0 Å². The maximum absolute atomic E-state index is 8.44. The van der Waals surface area contributed by atoms with E-state index in [1.165, 1.54) is 0 Å². The van der Waals surface area contributed by atoms with Gasteiger partial charge in [0.05, 0.1) is 0 Å². The third-order valence-electron chi connectivity index (χ3n) is 0. The first-order valence-corrected chi connectivity index (χ1v) is 4.03. The Hall–Kier alpha value is 1.56. The molecule has 0 aliphatic carbocycles. The number of carboxylic acid groups (broad SMARTS) is 2. The molecular formula is CHClNa2O3. The summed E-state index contributed by atoms with van der Waals surface area (Å²) in [5, 5.41) is 15.3. The van der Waals surface area contributed by atoms with Crippen molar-refractivity contribution >= 4 is 40.7 Å². The third kappa shape index (κ3) is 96.0. The monoisotopic (exact) mass is 142 g/mol. The molecule has 0 aromatic carbocycles. The normalized spacial score (nSPS) is 4.43. The average Bonchev–Trinajstić information content (AvgIpc) is 1.41. The van der Waals surface area contributed by atoms with Gasteiger partial charge >= 0.3 is 64.1 Å². The van der Waals surface area contributed by atoms with Crippen LogP contribution in [0, 0.1) is 0 Å². The molecule has 0 heterocycles. The molecule has 32 valence electrons. The molecule has 7 heavy (non-hydrogen) atoms. The quantitative estimate of drug-likeness (QED) is 0.353. The van der Waals surface area contributed by atoms with Gasteiger partial charge in [-0.1, -0.05) is 0 Å². The maximum atomic E-state index is 8.44. The molecule has 0 aliphatic heterocycles. The van der Waals surface area contributed by atoms with Crippen LogP contribution in [-0.2, 0) is 0 Å². The van der Waals surface area contributed by atoms with Gasteiger partial charge in [0, 0.05) is 0 Å². The van der Waals surface area contributed by atoms with Crippen molar-refractivity contribution in [3.05, 3.63) is 0 Å². The second kappa shape index (κ2) is 15.6. The summed E-state index contributed by atoms with van der Waals surface area (Å²) in [5.41, 5.74) is 0. The standard InChI is InChI=1S/CH2O3.ClH.2Na/c2-1(3)4;;;/h(H2,2,3,4);1H;;/q;;2*+1/p-2. The van der Waals surface area contributed by atoms with Crippen LogP contribution >= 0.6 is 7.91 Å². The summed E-state index contributed by atoms with van der Waals surface area (Å²) in [7, 11) is 4.78. The van der Waals surface area contributed by atoms with Gasteiger partial charge in [-0.3, -0.25) is 0 Å². The Balaban J connectivity index is -0.0000000480. The number of carbonyl (C=O) groups is 1. The Morgan fingerprint density at radius 2 is 1.71 bits per heavy atom. The Morgan fingerprint density at radius 1 is 1.71 bits per heavy atom. The van der Waals surface area contributed by atoms with Crippen LogP contribution in [-0.4, -0.2) is 37.9 Å². The molecular weight excluding hydrogens is 141 g/mol. The Bertz CT molecular complexity index is 35.9. The molecule has 0 bridgehead atoms. The van der Waals surface area contributed by atoms with Gasteiger partial charge in [-0.2, -0.15) is 0 Å². The van der Waals surface area contributed by atoms with Crippen LogP contribution in [0.1, 0.15) is 0 Å². The fraction of sp³-hybridized carbons (Fsp3) is 0. The first-order chi connectivity index (χ1) is 2.73. The summed E-state index contributed by atoms with van der Waals surface area (Å²) in [6.07, 6.45) is -2.08. The topological polar surface area (TPSA) is 60.4 Å². The molecule has 0 aliphatic rings. The molecule has 0 spiro atoms. The number of hydrogen-bond acceptors (Lipinski definition) is 2. The van der Waals surface area contributed by atoms with Gasteiger partial charge in [-0.05, 0) is 0 Å². The minimum absolute atomic E-state index is 0. The minimum atomic E-state index is -2.08. The van der Waals surface area contributed by atoms with E-state index >= 15 is 0 Å². The second-order valence-corrected chi connectivity index (χ2v) is 0.266. The number of rotatable bonds is 0. The van der Waals surface area contributed by atoms with E-state index in [9.17, 15) is 0 Å². The van der Waals surface area contributed by atoms with Crippen molar-refractivity contribution in [3.8, 4) is 0 Å². The van der Waals surface area contributed by atoms with Gasteiger partial charge in [-0.15, -0.1) is 0 Å². The summed E-state index contributed by atoms with van der Waals surface area (Å²) >= 11 is 0.778.